The highest BCUT2D eigenvalue weighted by Crippen LogP contribution is 2.24. The summed E-state index contributed by atoms with van der Waals surface area (Å²) in [6.45, 7) is 5.23. The lowest BCUT2D eigenvalue weighted by Gasteiger charge is -2.35. The third-order valence-corrected chi connectivity index (χ3v) is 5.65. The molecular formula is C17H26N2O3S2. The van der Waals surface area contributed by atoms with E-state index in [2.05, 4.69) is 18.6 Å². The van der Waals surface area contributed by atoms with Crippen molar-refractivity contribution in [3.63, 3.8) is 0 Å². The van der Waals surface area contributed by atoms with E-state index in [4.69, 9.17) is 0 Å². The van der Waals surface area contributed by atoms with Crippen LogP contribution < -0.4 is 4.72 Å². The molecule has 0 bridgehead atoms. The quantitative estimate of drug-likeness (QED) is 0.782. The van der Waals surface area contributed by atoms with Gasteiger partial charge in [0, 0.05) is 34.8 Å². The molecular weight excluding hydrogens is 344 g/mol. The summed E-state index contributed by atoms with van der Waals surface area (Å²) in [5, 5.41) is 0.500. The zero-order valence-electron chi connectivity index (χ0n) is 14.5. The number of sulfonamides is 1. The topological polar surface area (TPSA) is 66.5 Å². The van der Waals surface area contributed by atoms with Crippen molar-refractivity contribution < 1.29 is 13.2 Å². The van der Waals surface area contributed by atoms with E-state index in [-0.39, 0.29) is 18.5 Å². The highest BCUT2D eigenvalue weighted by atomic mass is 32.2. The summed E-state index contributed by atoms with van der Waals surface area (Å²) in [5.74, 6) is -0.0175. The van der Waals surface area contributed by atoms with Crippen LogP contribution in [0, 0.1) is 0 Å². The molecule has 1 unspecified atom stereocenters. The van der Waals surface area contributed by atoms with Gasteiger partial charge in [0.25, 0.3) is 5.91 Å². The van der Waals surface area contributed by atoms with E-state index in [1.807, 2.05) is 29.2 Å². The lowest BCUT2D eigenvalue weighted by molar-refractivity contribution is 0.0618. The van der Waals surface area contributed by atoms with Gasteiger partial charge in [-0.15, -0.1) is 11.8 Å². The lowest BCUT2D eigenvalue weighted by atomic mass is 10.0. The molecule has 1 saturated heterocycles. The number of likely N-dealkylation sites (tertiary alicyclic amines) is 1. The average molecular weight is 371 g/mol. The Morgan fingerprint density at radius 2 is 1.96 bits per heavy atom. The van der Waals surface area contributed by atoms with Crippen molar-refractivity contribution in [2.75, 3.05) is 19.3 Å². The van der Waals surface area contributed by atoms with E-state index in [1.165, 1.54) is 0 Å². The summed E-state index contributed by atoms with van der Waals surface area (Å²) >= 11 is 1.76. The maximum atomic E-state index is 12.8. The number of rotatable bonds is 6. The van der Waals surface area contributed by atoms with Crippen LogP contribution in [0.1, 0.15) is 43.5 Å². The van der Waals surface area contributed by atoms with Gasteiger partial charge in [0.15, 0.2) is 0 Å². The molecule has 1 aliphatic heterocycles. The Morgan fingerprint density at radius 1 is 1.29 bits per heavy atom. The molecule has 0 radical (unpaired) electrons. The number of carbonyl (C=O) groups is 1. The monoisotopic (exact) mass is 370 g/mol. The van der Waals surface area contributed by atoms with Gasteiger partial charge in [0.1, 0.15) is 0 Å². The second-order valence-corrected chi connectivity index (χ2v) is 9.94. The van der Waals surface area contributed by atoms with Crippen LogP contribution in [0.3, 0.4) is 0 Å². The fraction of sp³-hybridized carbons (Fsp3) is 0.588. The fourth-order valence-corrected chi connectivity index (χ4v) is 4.17. The molecule has 7 heteroatoms. The first-order chi connectivity index (χ1) is 11.3. The van der Waals surface area contributed by atoms with Crippen LogP contribution in [0.4, 0.5) is 0 Å². The number of piperidine rings is 1. The van der Waals surface area contributed by atoms with Crippen molar-refractivity contribution in [3.05, 3.63) is 29.8 Å². The van der Waals surface area contributed by atoms with Crippen LogP contribution in [0.15, 0.2) is 29.2 Å². The van der Waals surface area contributed by atoms with Crippen LogP contribution >= 0.6 is 11.8 Å². The maximum Gasteiger partial charge on any atom is 0.254 e. The minimum absolute atomic E-state index is 0.0175. The maximum absolute atomic E-state index is 12.8. The molecule has 1 aromatic carbocycles. The van der Waals surface area contributed by atoms with E-state index < -0.39 is 10.0 Å². The normalized spacial score (nSPS) is 18.8. The summed E-state index contributed by atoms with van der Waals surface area (Å²) in [6.07, 6.45) is 3.95. The number of nitrogens with zero attached hydrogens (tertiary/aromatic N) is 1. The molecule has 2 rings (SSSR count). The van der Waals surface area contributed by atoms with E-state index >= 15 is 0 Å². The molecule has 134 valence electrons. The van der Waals surface area contributed by atoms with Crippen LogP contribution in [0.5, 0.6) is 0 Å². The van der Waals surface area contributed by atoms with Gasteiger partial charge in [-0.1, -0.05) is 13.8 Å². The van der Waals surface area contributed by atoms with Crippen molar-refractivity contribution in [2.24, 2.45) is 0 Å². The van der Waals surface area contributed by atoms with Gasteiger partial charge < -0.3 is 4.90 Å². The first-order valence-corrected chi connectivity index (χ1v) is 11.1. The van der Waals surface area contributed by atoms with Crippen molar-refractivity contribution in [2.45, 2.75) is 49.3 Å². The third-order valence-electron chi connectivity index (χ3n) is 3.94. The predicted octanol–water partition coefficient (Wildman–Crippen LogP) is 2.73. The first-order valence-electron chi connectivity index (χ1n) is 8.28. The molecule has 1 heterocycles. The van der Waals surface area contributed by atoms with Gasteiger partial charge in [0.05, 0.1) is 6.26 Å². The van der Waals surface area contributed by atoms with Crippen molar-refractivity contribution in [1.82, 2.24) is 9.62 Å². The summed E-state index contributed by atoms with van der Waals surface area (Å²) in [5.41, 5.74) is 0.661. The van der Waals surface area contributed by atoms with Gasteiger partial charge in [0.2, 0.25) is 10.0 Å². The Labute approximate surface area is 149 Å². The van der Waals surface area contributed by atoms with E-state index in [1.54, 1.807) is 11.8 Å². The van der Waals surface area contributed by atoms with E-state index in [9.17, 15) is 13.2 Å². The Balaban J connectivity index is 2.07. The number of hydrogen-bond acceptors (Lipinski definition) is 4. The number of benzene rings is 1. The number of nitrogens with one attached hydrogen (secondary N) is 1. The highest BCUT2D eigenvalue weighted by Gasteiger charge is 2.28. The molecule has 5 nitrogen and oxygen atoms in total. The SMILES string of the molecule is CC(C)Sc1ccc(C(=O)N2CCCCC2CNS(C)(=O)=O)cc1. The standard InChI is InChI=1S/C17H26N2O3S2/c1-13(2)23-16-9-7-14(8-10-16)17(20)19-11-5-4-6-15(19)12-18-24(3,21)22/h7-10,13,15,18H,4-6,11-12H2,1-3H3. The number of hydrogen-bond donors (Lipinski definition) is 1. The summed E-state index contributed by atoms with van der Waals surface area (Å²) < 4.78 is 25.2. The van der Waals surface area contributed by atoms with Crippen LogP contribution in [0.2, 0.25) is 0 Å². The largest absolute Gasteiger partial charge is 0.334 e. The average Bonchev–Trinajstić information content (AvgIpc) is 2.52. The highest BCUT2D eigenvalue weighted by molar-refractivity contribution is 7.99. The van der Waals surface area contributed by atoms with Crippen molar-refractivity contribution >= 4 is 27.7 Å². The van der Waals surface area contributed by atoms with Gasteiger partial charge in [-0.25, -0.2) is 13.1 Å². The molecule has 0 aliphatic carbocycles. The molecule has 1 atom stereocenters. The fourth-order valence-electron chi connectivity index (χ4n) is 2.84. The van der Waals surface area contributed by atoms with Crippen LogP contribution in [-0.2, 0) is 10.0 Å². The molecule has 24 heavy (non-hydrogen) atoms. The van der Waals surface area contributed by atoms with E-state index in [0.29, 0.717) is 17.4 Å². The summed E-state index contributed by atoms with van der Waals surface area (Å²) in [7, 11) is -3.25. The molecule has 0 spiro atoms. The molecule has 1 fully saturated rings. The number of amides is 1. The smallest absolute Gasteiger partial charge is 0.254 e. The molecule has 1 aromatic rings. The van der Waals surface area contributed by atoms with Crippen molar-refractivity contribution in [3.8, 4) is 0 Å². The molecule has 1 amide bonds. The van der Waals surface area contributed by atoms with E-state index in [0.717, 1.165) is 30.4 Å². The Bertz CT molecular complexity index is 657. The minimum atomic E-state index is -3.25. The second kappa shape index (κ2) is 8.36. The second-order valence-electron chi connectivity index (χ2n) is 6.46. The third kappa shape index (κ3) is 5.79. The molecule has 1 aliphatic rings. The molecule has 1 N–H and O–H groups in total. The molecule has 0 aromatic heterocycles. The molecule has 0 saturated carbocycles. The van der Waals surface area contributed by atoms with Crippen LogP contribution in [0.25, 0.3) is 0 Å². The lowest BCUT2D eigenvalue weighted by Crippen LogP contribution is -2.49. The number of thioether (sulfide) groups is 1. The van der Waals surface area contributed by atoms with Crippen molar-refractivity contribution in [1.29, 1.82) is 0 Å². The zero-order chi connectivity index (χ0) is 17.7. The predicted molar refractivity (Wildman–Crippen MR) is 99.0 cm³/mol. The van der Waals surface area contributed by atoms with Gasteiger partial charge in [-0.05, 0) is 43.5 Å². The Morgan fingerprint density at radius 3 is 2.54 bits per heavy atom. The number of carbonyl (C=O) groups excluding carboxylic acids is 1. The van der Waals surface area contributed by atoms with Crippen LogP contribution in [-0.4, -0.2) is 49.9 Å². The van der Waals surface area contributed by atoms with Gasteiger partial charge in [-0.3, -0.25) is 4.79 Å². The van der Waals surface area contributed by atoms with Gasteiger partial charge in [-0.2, -0.15) is 0 Å². The Hall–Kier alpha value is -1.05. The Kier molecular flexibility index (Phi) is 6.71. The zero-order valence-corrected chi connectivity index (χ0v) is 16.1. The minimum Gasteiger partial charge on any atom is -0.334 e. The summed E-state index contributed by atoms with van der Waals surface area (Å²) in [4.78, 5) is 15.8. The first kappa shape index (κ1) is 19.3. The summed E-state index contributed by atoms with van der Waals surface area (Å²) in [6, 6.07) is 7.61. The van der Waals surface area contributed by atoms with Gasteiger partial charge >= 0.3 is 0 Å².